The second kappa shape index (κ2) is 4.50. The molecule has 2 aromatic rings. The first-order valence-electron chi connectivity index (χ1n) is 5.26. The molecule has 1 aromatic heterocycles. The lowest BCUT2D eigenvalue weighted by Gasteiger charge is -2.24. The fourth-order valence-electron chi connectivity index (χ4n) is 1.57. The van der Waals surface area contributed by atoms with E-state index in [1.807, 2.05) is 25.1 Å². The molecule has 0 bridgehead atoms. The molecule has 0 fully saturated rings. The second-order valence-electron chi connectivity index (χ2n) is 4.02. The van der Waals surface area contributed by atoms with Crippen LogP contribution in [0, 0.1) is 0 Å². The third kappa shape index (κ3) is 2.08. The first-order valence-corrected chi connectivity index (χ1v) is 5.89. The van der Waals surface area contributed by atoms with Crippen LogP contribution < -0.4 is 5.56 Å². The van der Waals surface area contributed by atoms with Crippen molar-refractivity contribution in [3.05, 3.63) is 40.4 Å². The van der Waals surface area contributed by atoms with Gasteiger partial charge >= 0.3 is 0 Å². The zero-order chi connectivity index (χ0) is 12.5. The minimum Gasteiger partial charge on any atom is -0.370 e. The molecule has 17 heavy (non-hydrogen) atoms. The van der Waals surface area contributed by atoms with Gasteiger partial charge in [-0.15, -0.1) is 0 Å². The van der Waals surface area contributed by atoms with Gasteiger partial charge in [-0.1, -0.05) is 12.1 Å². The molecule has 0 radical (unpaired) electrons. The Bertz CT molecular complexity index is 590. The van der Waals surface area contributed by atoms with Crippen LogP contribution in [0.3, 0.4) is 0 Å². The monoisotopic (exact) mass is 250 g/mol. The maximum absolute atomic E-state index is 11.9. The fraction of sp³-hybridized carbons (Fsp3) is 0.333. The molecule has 1 heterocycles. The molecule has 1 aromatic carbocycles. The Morgan fingerprint density at radius 2 is 2.18 bits per heavy atom. The van der Waals surface area contributed by atoms with Crippen LogP contribution in [0.25, 0.3) is 10.9 Å². The number of H-pyrrole nitrogens is 1. The Hall–Kier alpha value is -1.33. The third-order valence-electron chi connectivity index (χ3n) is 2.87. The van der Waals surface area contributed by atoms with E-state index in [9.17, 15) is 4.79 Å². The molecule has 1 unspecified atom stereocenters. The van der Waals surface area contributed by atoms with Gasteiger partial charge in [-0.25, -0.2) is 4.98 Å². The van der Waals surface area contributed by atoms with Crippen molar-refractivity contribution in [1.29, 1.82) is 0 Å². The summed E-state index contributed by atoms with van der Waals surface area (Å²) in [7, 11) is 1.57. The van der Waals surface area contributed by atoms with E-state index in [1.54, 1.807) is 13.2 Å². The number of methoxy groups -OCH3 is 1. The molecular weight excluding hydrogens is 236 g/mol. The molecule has 1 atom stereocenters. The largest absolute Gasteiger partial charge is 0.370 e. The Balaban J connectivity index is 2.69. The van der Waals surface area contributed by atoms with E-state index in [4.69, 9.17) is 4.74 Å². The zero-order valence-corrected chi connectivity index (χ0v) is 10.6. The summed E-state index contributed by atoms with van der Waals surface area (Å²) in [6.45, 7) is 1.84. The summed E-state index contributed by atoms with van der Waals surface area (Å²) in [5.41, 5.74) is -0.182. The average molecular weight is 250 g/mol. The summed E-state index contributed by atoms with van der Waals surface area (Å²) in [6.07, 6.45) is 0. The number of para-hydroxylation sites is 1. The number of hydrogen-bond acceptors (Lipinski definition) is 4. The van der Waals surface area contributed by atoms with Gasteiger partial charge in [0, 0.05) is 12.9 Å². The van der Waals surface area contributed by atoms with Crippen molar-refractivity contribution in [3.63, 3.8) is 0 Å². The van der Waals surface area contributed by atoms with Gasteiger partial charge in [-0.05, 0) is 19.1 Å². The number of thiol groups is 1. The number of fused-ring (bicyclic) bond motifs is 1. The Morgan fingerprint density at radius 3 is 2.82 bits per heavy atom. The van der Waals surface area contributed by atoms with Crippen molar-refractivity contribution in [2.24, 2.45) is 0 Å². The van der Waals surface area contributed by atoms with Crippen LogP contribution in [-0.2, 0) is 10.3 Å². The summed E-state index contributed by atoms with van der Waals surface area (Å²) in [4.78, 5) is 19.1. The van der Waals surface area contributed by atoms with E-state index < -0.39 is 5.60 Å². The number of aromatic amines is 1. The smallest absolute Gasteiger partial charge is 0.258 e. The van der Waals surface area contributed by atoms with E-state index in [2.05, 4.69) is 22.6 Å². The minimum atomic E-state index is -0.688. The highest BCUT2D eigenvalue weighted by molar-refractivity contribution is 7.80. The summed E-state index contributed by atoms with van der Waals surface area (Å²) in [5.74, 6) is 0.934. The SMILES string of the molecule is COC(C)(CS)c1nc2ccccc2c(=O)[nH]1. The van der Waals surface area contributed by atoms with Gasteiger partial charge in [0.15, 0.2) is 0 Å². The van der Waals surface area contributed by atoms with Gasteiger partial charge in [0.25, 0.3) is 5.56 Å². The van der Waals surface area contributed by atoms with Crippen LogP contribution in [0.5, 0.6) is 0 Å². The number of aromatic nitrogens is 2. The maximum Gasteiger partial charge on any atom is 0.258 e. The Kier molecular flexibility index (Phi) is 3.22. The van der Waals surface area contributed by atoms with Crippen LogP contribution >= 0.6 is 12.6 Å². The predicted octanol–water partition coefficient (Wildman–Crippen LogP) is 1.71. The number of rotatable bonds is 3. The summed E-state index contributed by atoms with van der Waals surface area (Å²) in [5, 5.41) is 0.578. The van der Waals surface area contributed by atoms with Crippen LogP contribution in [0.15, 0.2) is 29.1 Å². The lowest BCUT2D eigenvalue weighted by molar-refractivity contribution is 0.0164. The fourth-order valence-corrected chi connectivity index (χ4v) is 1.85. The highest BCUT2D eigenvalue weighted by Gasteiger charge is 2.27. The van der Waals surface area contributed by atoms with E-state index >= 15 is 0 Å². The Morgan fingerprint density at radius 1 is 1.47 bits per heavy atom. The number of hydrogen-bond donors (Lipinski definition) is 2. The molecule has 4 nitrogen and oxygen atoms in total. The molecular formula is C12H14N2O2S. The second-order valence-corrected chi connectivity index (χ2v) is 4.34. The summed E-state index contributed by atoms with van der Waals surface area (Å²) < 4.78 is 5.37. The van der Waals surface area contributed by atoms with Crippen LogP contribution in [0.4, 0.5) is 0 Å². The minimum absolute atomic E-state index is 0.157. The van der Waals surface area contributed by atoms with Gasteiger partial charge < -0.3 is 9.72 Å². The van der Waals surface area contributed by atoms with Crippen molar-refractivity contribution in [1.82, 2.24) is 9.97 Å². The van der Waals surface area contributed by atoms with Gasteiger partial charge in [-0.3, -0.25) is 4.79 Å². The molecule has 1 N–H and O–H groups in total. The van der Waals surface area contributed by atoms with Crippen molar-refractivity contribution >= 4 is 23.5 Å². The summed E-state index contributed by atoms with van der Waals surface area (Å²) in [6, 6.07) is 7.22. The predicted molar refractivity (Wildman–Crippen MR) is 70.6 cm³/mol. The van der Waals surface area contributed by atoms with Crippen molar-refractivity contribution in [3.8, 4) is 0 Å². The average Bonchev–Trinajstić information content (AvgIpc) is 2.38. The topological polar surface area (TPSA) is 55.0 Å². The number of benzene rings is 1. The van der Waals surface area contributed by atoms with Crippen LogP contribution in [0.2, 0.25) is 0 Å². The van der Waals surface area contributed by atoms with Gasteiger partial charge in [-0.2, -0.15) is 12.6 Å². The molecule has 2 rings (SSSR count). The van der Waals surface area contributed by atoms with Crippen molar-refractivity contribution in [2.45, 2.75) is 12.5 Å². The van der Waals surface area contributed by atoms with E-state index in [0.29, 0.717) is 22.5 Å². The van der Waals surface area contributed by atoms with Crippen LogP contribution in [-0.4, -0.2) is 22.8 Å². The molecule has 0 amide bonds. The first kappa shape index (κ1) is 12.1. The molecule has 5 heteroatoms. The van der Waals surface area contributed by atoms with Gasteiger partial charge in [0.1, 0.15) is 11.4 Å². The van der Waals surface area contributed by atoms with Gasteiger partial charge in [0.05, 0.1) is 10.9 Å². The van der Waals surface area contributed by atoms with E-state index in [1.165, 1.54) is 0 Å². The lowest BCUT2D eigenvalue weighted by Crippen LogP contribution is -2.31. The molecule has 90 valence electrons. The standard InChI is InChI=1S/C12H14N2O2S/c1-12(7-17,16-2)11-13-9-6-4-3-5-8(9)10(15)14-11/h3-6,17H,7H2,1-2H3,(H,13,14,15). The quantitative estimate of drug-likeness (QED) is 0.815. The number of nitrogens with zero attached hydrogens (tertiary/aromatic N) is 1. The maximum atomic E-state index is 11.9. The van der Waals surface area contributed by atoms with Crippen molar-refractivity contribution < 1.29 is 4.74 Å². The summed E-state index contributed by atoms with van der Waals surface area (Å²) >= 11 is 4.23. The third-order valence-corrected chi connectivity index (χ3v) is 3.47. The van der Waals surface area contributed by atoms with E-state index in [0.717, 1.165) is 0 Å². The molecule has 0 aliphatic carbocycles. The normalized spacial score (nSPS) is 14.8. The number of nitrogens with one attached hydrogen (secondary N) is 1. The molecule has 0 saturated heterocycles. The number of ether oxygens (including phenoxy) is 1. The van der Waals surface area contributed by atoms with E-state index in [-0.39, 0.29) is 5.56 Å². The zero-order valence-electron chi connectivity index (χ0n) is 9.73. The van der Waals surface area contributed by atoms with Crippen molar-refractivity contribution in [2.75, 3.05) is 12.9 Å². The Labute approximate surface area is 104 Å². The molecule has 0 aliphatic heterocycles. The lowest BCUT2D eigenvalue weighted by atomic mass is 10.1. The van der Waals surface area contributed by atoms with Crippen LogP contribution in [0.1, 0.15) is 12.7 Å². The molecule has 0 spiro atoms. The highest BCUT2D eigenvalue weighted by atomic mass is 32.1. The highest BCUT2D eigenvalue weighted by Crippen LogP contribution is 2.22. The molecule has 0 saturated carbocycles. The molecule has 0 aliphatic rings. The van der Waals surface area contributed by atoms with Gasteiger partial charge in [0.2, 0.25) is 0 Å². The first-order chi connectivity index (χ1) is 8.10.